The first-order valence-electron chi connectivity index (χ1n) is 11.9. The summed E-state index contributed by atoms with van der Waals surface area (Å²) < 4.78 is 11.6. The lowest BCUT2D eigenvalue weighted by Crippen LogP contribution is -2.42. The molecule has 1 atom stereocenters. The van der Waals surface area contributed by atoms with Gasteiger partial charge >= 0.3 is 0 Å². The van der Waals surface area contributed by atoms with Gasteiger partial charge in [0.2, 0.25) is 11.8 Å². The Hall–Kier alpha value is -3.16. The molecule has 1 aromatic heterocycles. The Kier molecular flexibility index (Phi) is 8.21. The van der Waals surface area contributed by atoms with Crippen molar-refractivity contribution in [3.8, 4) is 11.3 Å². The lowest BCUT2D eigenvalue weighted by atomic mass is 10.1. The average molecular weight is 496 g/mol. The molecule has 0 spiro atoms. The number of aromatic nitrogens is 1. The van der Waals surface area contributed by atoms with Crippen LogP contribution < -0.4 is 5.32 Å². The maximum absolute atomic E-state index is 13.1. The van der Waals surface area contributed by atoms with Crippen molar-refractivity contribution in [2.75, 3.05) is 25.0 Å². The van der Waals surface area contributed by atoms with E-state index in [9.17, 15) is 9.59 Å². The first-order chi connectivity index (χ1) is 16.9. The molecule has 2 aromatic carbocycles. The molecule has 8 heteroatoms. The van der Waals surface area contributed by atoms with Crippen LogP contribution in [-0.4, -0.2) is 47.5 Å². The van der Waals surface area contributed by atoms with Gasteiger partial charge in [0, 0.05) is 37.2 Å². The van der Waals surface area contributed by atoms with E-state index in [0.29, 0.717) is 36.2 Å². The molecule has 1 aliphatic rings. The number of ether oxygens (including phenoxy) is 1. The summed E-state index contributed by atoms with van der Waals surface area (Å²) >= 11 is 6.24. The van der Waals surface area contributed by atoms with E-state index in [1.807, 2.05) is 50.2 Å². The molecule has 1 fully saturated rings. The largest absolute Gasteiger partial charge is 0.441 e. The zero-order chi connectivity index (χ0) is 24.8. The highest BCUT2D eigenvalue weighted by Crippen LogP contribution is 2.28. The molecular formula is C27H30ClN3O4. The number of amides is 2. The Labute approximate surface area is 210 Å². The predicted molar refractivity (Wildman–Crippen MR) is 135 cm³/mol. The molecule has 4 rings (SSSR count). The maximum Gasteiger partial charge on any atom is 0.244 e. The standard InChI is InChI=1S/C27H30ClN3O4/c1-18-7-5-11-23(19(18)2)30-25(32)17-31(16-20-8-6-14-34-20)27(33)13-12-26-29-15-24(35-26)21-9-3-4-10-22(21)28/h3-5,7,9-11,15,20H,6,8,12-14,16-17H2,1-2H3,(H,30,32). The summed E-state index contributed by atoms with van der Waals surface area (Å²) in [7, 11) is 0. The quantitative estimate of drug-likeness (QED) is 0.441. The molecule has 7 nitrogen and oxygen atoms in total. The van der Waals surface area contributed by atoms with E-state index in [-0.39, 0.29) is 30.9 Å². The topological polar surface area (TPSA) is 84.7 Å². The number of aryl methyl sites for hydroxylation is 2. The summed E-state index contributed by atoms with van der Waals surface area (Å²) in [6.07, 6.45) is 3.89. The number of oxazole rings is 1. The van der Waals surface area contributed by atoms with Crippen LogP contribution in [0.15, 0.2) is 53.1 Å². The van der Waals surface area contributed by atoms with Gasteiger partial charge in [-0.25, -0.2) is 4.98 Å². The third kappa shape index (κ3) is 6.50. The van der Waals surface area contributed by atoms with E-state index < -0.39 is 0 Å². The third-order valence-electron chi connectivity index (χ3n) is 6.26. The fourth-order valence-electron chi connectivity index (χ4n) is 4.12. The summed E-state index contributed by atoms with van der Waals surface area (Å²) in [4.78, 5) is 31.9. The second-order valence-electron chi connectivity index (χ2n) is 8.80. The van der Waals surface area contributed by atoms with Crippen LogP contribution in [-0.2, 0) is 20.7 Å². The Morgan fingerprint density at radius 1 is 1.17 bits per heavy atom. The van der Waals surface area contributed by atoms with Gasteiger partial charge in [0.15, 0.2) is 11.7 Å². The number of anilines is 1. The summed E-state index contributed by atoms with van der Waals surface area (Å²) in [5.41, 5.74) is 3.61. The van der Waals surface area contributed by atoms with Gasteiger partial charge in [-0.3, -0.25) is 9.59 Å². The van der Waals surface area contributed by atoms with Crippen molar-refractivity contribution < 1.29 is 18.7 Å². The number of hydrogen-bond donors (Lipinski definition) is 1. The zero-order valence-electron chi connectivity index (χ0n) is 20.1. The fourth-order valence-corrected chi connectivity index (χ4v) is 4.35. The molecule has 0 saturated carbocycles. The highest BCUT2D eigenvalue weighted by Gasteiger charge is 2.25. The van der Waals surface area contributed by atoms with Crippen molar-refractivity contribution >= 4 is 29.1 Å². The highest BCUT2D eigenvalue weighted by atomic mass is 35.5. The van der Waals surface area contributed by atoms with E-state index in [4.69, 9.17) is 20.8 Å². The first-order valence-corrected chi connectivity index (χ1v) is 12.2. The molecule has 0 radical (unpaired) electrons. The molecule has 184 valence electrons. The number of halogens is 1. The van der Waals surface area contributed by atoms with Gasteiger partial charge in [-0.05, 0) is 56.0 Å². The van der Waals surface area contributed by atoms with Crippen LogP contribution in [0.1, 0.15) is 36.3 Å². The Morgan fingerprint density at radius 2 is 2.00 bits per heavy atom. The Bertz CT molecular complexity index is 1190. The molecule has 2 heterocycles. The third-order valence-corrected chi connectivity index (χ3v) is 6.59. The summed E-state index contributed by atoms with van der Waals surface area (Å²) in [5.74, 6) is 0.628. The lowest BCUT2D eigenvalue weighted by molar-refractivity contribution is -0.136. The minimum absolute atomic E-state index is 0.0392. The monoisotopic (exact) mass is 495 g/mol. The fraction of sp³-hybridized carbons (Fsp3) is 0.370. The van der Waals surface area contributed by atoms with Crippen molar-refractivity contribution in [2.24, 2.45) is 0 Å². The second kappa shape index (κ2) is 11.5. The first kappa shape index (κ1) is 24.9. The van der Waals surface area contributed by atoms with Crippen LogP contribution >= 0.6 is 11.6 Å². The number of hydrogen-bond acceptors (Lipinski definition) is 5. The van der Waals surface area contributed by atoms with Crippen molar-refractivity contribution in [3.05, 3.63) is 70.7 Å². The summed E-state index contributed by atoms with van der Waals surface area (Å²) in [5, 5.41) is 3.52. The molecular weight excluding hydrogens is 466 g/mol. The normalized spacial score (nSPS) is 15.2. The van der Waals surface area contributed by atoms with Gasteiger partial charge in [0.25, 0.3) is 0 Å². The van der Waals surface area contributed by atoms with E-state index in [2.05, 4.69) is 10.3 Å². The summed E-state index contributed by atoms with van der Waals surface area (Å²) in [6.45, 7) is 4.99. The van der Waals surface area contributed by atoms with Crippen molar-refractivity contribution in [1.82, 2.24) is 9.88 Å². The zero-order valence-corrected chi connectivity index (χ0v) is 20.8. The number of carbonyl (C=O) groups is 2. The van der Waals surface area contributed by atoms with Crippen LogP contribution in [0.2, 0.25) is 5.02 Å². The van der Waals surface area contributed by atoms with Crippen molar-refractivity contribution in [2.45, 2.75) is 45.6 Å². The molecule has 1 unspecified atom stereocenters. The molecule has 35 heavy (non-hydrogen) atoms. The smallest absolute Gasteiger partial charge is 0.244 e. The molecule has 1 N–H and O–H groups in total. The minimum Gasteiger partial charge on any atom is -0.441 e. The van der Waals surface area contributed by atoms with Gasteiger partial charge < -0.3 is 19.4 Å². The van der Waals surface area contributed by atoms with E-state index in [1.54, 1.807) is 17.2 Å². The lowest BCUT2D eigenvalue weighted by Gasteiger charge is -2.25. The van der Waals surface area contributed by atoms with Crippen molar-refractivity contribution in [3.63, 3.8) is 0 Å². The number of benzene rings is 2. The van der Waals surface area contributed by atoms with Gasteiger partial charge in [-0.1, -0.05) is 35.9 Å². The number of nitrogens with zero attached hydrogens (tertiary/aromatic N) is 2. The van der Waals surface area contributed by atoms with E-state index in [0.717, 1.165) is 35.2 Å². The van der Waals surface area contributed by atoms with Gasteiger partial charge in [0.05, 0.1) is 23.9 Å². The van der Waals surface area contributed by atoms with Gasteiger partial charge in [-0.15, -0.1) is 0 Å². The molecule has 2 amide bonds. The molecule has 1 aliphatic heterocycles. The van der Waals surface area contributed by atoms with Crippen LogP contribution in [0, 0.1) is 13.8 Å². The number of rotatable bonds is 9. The molecule has 1 saturated heterocycles. The molecule has 0 aliphatic carbocycles. The van der Waals surface area contributed by atoms with E-state index >= 15 is 0 Å². The minimum atomic E-state index is -0.234. The van der Waals surface area contributed by atoms with Gasteiger partial charge in [0.1, 0.15) is 0 Å². The van der Waals surface area contributed by atoms with Crippen molar-refractivity contribution in [1.29, 1.82) is 0 Å². The van der Waals surface area contributed by atoms with Crippen LogP contribution in [0.5, 0.6) is 0 Å². The highest BCUT2D eigenvalue weighted by molar-refractivity contribution is 6.33. The second-order valence-corrected chi connectivity index (χ2v) is 9.21. The maximum atomic E-state index is 13.1. The average Bonchev–Trinajstić information content (AvgIpc) is 3.53. The predicted octanol–water partition coefficient (Wildman–Crippen LogP) is 5.19. The number of carbonyl (C=O) groups excluding carboxylic acids is 2. The Balaban J connectivity index is 1.39. The molecule has 0 bridgehead atoms. The summed E-state index contributed by atoms with van der Waals surface area (Å²) in [6, 6.07) is 13.1. The van der Waals surface area contributed by atoms with Gasteiger partial charge in [-0.2, -0.15) is 0 Å². The SMILES string of the molecule is Cc1cccc(NC(=O)CN(CC2CCCO2)C(=O)CCc2ncc(-c3ccccc3Cl)o2)c1C. The Morgan fingerprint density at radius 3 is 2.77 bits per heavy atom. The van der Waals surface area contributed by atoms with Crippen LogP contribution in [0.25, 0.3) is 11.3 Å². The molecule has 3 aromatic rings. The number of nitrogens with one attached hydrogen (secondary N) is 1. The van der Waals surface area contributed by atoms with Crippen LogP contribution in [0.3, 0.4) is 0 Å². The van der Waals surface area contributed by atoms with Crippen LogP contribution in [0.4, 0.5) is 5.69 Å². The van der Waals surface area contributed by atoms with E-state index in [1.165, 1.54) is 0 Å².